The number of hydrogen-bond donors (Lipinski definition) is 2. The lowest BCUT2D eigenvalue weighted by molar-refractivity contribution is -0.124. The first kappa shape index (κ1) is 15.0. The molecule has 0 spiro atoms. The highest BCUT2D eigenvalue weighted by Gasteiger charge is 2.25. The normalized spacial score (nSPS) is 22.5. The van der Waals surface area contributed by atoms with E-state index in [1.807, 2.05) is 0 Å². The molecule has 2 atom stereocenters. The number of benzene rings is 1. The van der Waals surface area contributed by atoms with E-state index in [2.05, 4.69) is 48.7 Å². The molecule has 1 heterocycles. The van der Waals surface area contributed by atoms with Crippen molar-refractivity contribution >= 4 is 5.91 Å². The summed E-state index contributed by atoms with van der Waals surface area (Å²) in [5, 5.41) is 6.37. The van der Waals surface area contributed by atoms with Gasteiger partial charge in [-0.05, 0) is 42.9 Å². The van der Waals surface area contributed by atoms with Crippen molar-refractivity contribution in [3.8, 4) is 0 Å². The predicted octanol–water partition coefficient (Wildman–Crippen LogP) is 2.64. The van der Waals surface area contributed by atoms with Crippen LogP contribution in [0.3, 0.4) is 0 Å². The highest BCUT2D eigenvalue weighted by atomic mass is 16.2. The van der Waals surface area contributed by atoms with E-state index in [4.69, 9.17) is 0 Å². The van der Waals surface area contributed by atoms with Gasteiger partial charge in [0.2, 0.25) is 5.91 Å². The van der Waals surface area contributed by atoms with Crippen LogP contribution in [0.2, 0.25) is 0 Å². The largest absolute Gasteiger partial charge is 0.351 e. The van der Waals surface area contributed by atoms with Crippen LogP contribution in [0.4, 0.5) is 0 Å². The van der Waals surface area contributed by atoms with Crippen LogP contribution in [-0.2, 0) is 17.8 Å². The van der Waals surface area contributed by atoms with E-state index < -0.39 is 0 Å². The maximum absolute atomic E-state index is 12.2. The smallest absolute Gasteiger partial charge is 0.237 e. The number of amides is 1. The van der Waals surface area contributed by atoms with Crippen molar-refractivity contribution in [2.45, 2.75) is 52.1 Å². The molecule has 0 saturated carbocycles. The van der Waals surface area contributed by atoms with Crippen LogP contribution >= 0.6 is 0 Å². The van der Waals surface area contributed by atoms with Gasteiger partial charge in [0.15, 0.2) is 0 Å². The first-order valence-corrected chi connectivity index (χ1v) is 7.81. The zero-order chi connectivity index (χ0) is 14.4. The maximum atomic E-state index is 12.2. The Morgan fingerprint density at radius 3 is 2.60 bits per heavy atom. The van der Waals surface area contributed by atoms with Crippen LogP contribution in [0.15, 0.2) is 24.3 Å². The molecule has 1 aliphatic rings. The summed E-state index contributed by atoms with van der Waals surface area (Å²) in [6.45, 7) is 5.94. The van der Waals surface area contributed by atoms with Crippen LogP contribution in [0.25, 0.3) is 0 Å². The second kappa shape index (κ2) is 7.44. The van der Waals surface area contributed by atoms with Crippen molar-refractivity contribution in [1.29, 1.82) is 0 Å². The number of rotatable bonds is 5. The Morgan fingerprint density at radius 1 is 1.25 bits per heavy atom. The third kappa shape index (κ3) is 4.07. The highest BCUT2D eigenvalue weighted by Crippen LogP contribution is 2.19. The standard InChI is InChI=1S/C17H26N2O/c1-3-13-5-7-15(8-6-13)12-19-17(20)16-11-14(4-2)9-10-18-16/h5-8,14,16,18H,3-4,9-12H2,1-2H3,(H,19,20). The Kier molecular flexibility index (Phi) is 5.60. The van der Waals surface area contributed by atoms with Gasteiger partial charge in [-0.15, -0.1) is 0 Å². The quantitative estimate of drug-likeness (QED) is 0.866. The summed E-state index contributed by atoms with van der Waals surface area (Å²) in [4.78, 5) is 12.2. The minimum atomic E-state index is -0.0105. The second-order valence-corrected chi connectivity index (χ2v) is 5.69. The van der Waals surface area contributed by atoms with E-state index in [0.29, 0.717) is 12.5 Å². The maximum Gasteiger partial charge on any atom is 0.237 e. The van der Waals surface area contributed by atoms with E-state index in [1.165, 1.54) is 24.0 Å². The van der Waals surface area contributed by atoms with Gasteiger partial charge >= 0.3 is 0 Å². The van der Waals surface area contributed by atoms with Crippen LogP contribution in [0.5, 0.6) is 0 Å². The van der Waals surface area contributed by atoms with Crippen LogP contribution in [-0.4, -0.2) is 18.5 Å². The van der Waals surface area contributed by atoms with Gasteiger partial charge in [0, 0.05) is 6.54 Å². The zero-order valence-corrected chi connectivity index (χ0v) is 12.6. The van der Waals surface area contributed by atoms with Gasteiger partial charge in [-0.2, -0.15) is 0 Å². The summed E-state index contributed by atoms with van der Waals surface area (Å²) in [6, 6.07) is 8.45. The molecule has 3 nitrogen and oxygen atoms in total. The lowest BCUT2D eigenvalue weighted by Gasteiger charge is -2.28. The zero-order valence-electron chi connectivity index (χ0n) is 12.6. The highest BCUT2D eigenvalue weighted by molar-refractivity contribution is 5.81. The molecule has 0 bridgehead atoms. The van der Waals surface area contributed by atoms with Gasteiger partial charge in [0.05, 0.1) is 6.04 Å². The number of aryl methyl sites for hydroxylation is 1. The molecule has 1 amide bonds. The van der Waals surface area contributed by atoms with E-state index >= 15 is 0 Å². The Hall–Kier alpha value is -1.35. The molecule has 3 heteroatoms. The van der Waals surface area contributed by atoms with E-state index in [9.17, 15) is 4.79 Å². The van der Waals surface area contributed by atoms with Crippen molar-refractivity contribution in [1.82, 2.24) is 10.6 Å². The van der Waals surface area contributed by atoms with Crippen molar-refractivity contribution in [3.63, 3.8) is 0 Å². The Balaban J connectivity index is 1.81. The number of carbonyl (C=O) groups excluding carboxylic acids is 1. The fraction of sp³-hybridized carbons (Fsp3) is 0.588. The molecule has 1 aromatic carbocycles. The minimum Gasteiger partial charge on any atom is -0.351 e. The number of piperidine rings is 1. The summed E-state index contributed by atoms with van der Waals surface area (Å²) in [7, 11) is 0. The molecule has 110 valence electrons. The topological polar surface area (TPSA) is 41.1 Å². The first-order valence-electron chi connectivity index (χ1n) is 7.81. The first-order chi connectivity index (χ1) is 9.72. The number of carbonyl (C=O) groups is 1. The fourth-order valence-corrected chi connectivity index (χ4v) is 2.77. The molecular weight excluding hydrogens is 248 g/mol. The van der Waals surface area contributed by atoms with Crippen LogP contribution in [0.1, 0.15) is 44.2 Å². The molecule has 1 aliphatic heterocycles. The molecule has 20 heavy (non-hydrogen) atoms. The Labute approximate surface area is 122 Å². The van der Waals surface area contributed by atoms with Crippen molar-refractivity contribution in [2.24, 2.45) is 5.92 Å². The molecular formula is C17H26N2O. The second-order valence-electron chi connectivity index (χ2n) is 5.69. The van der Waals surface area contributed by atoms with Gasteiger partial charge in [-0.1, -0.05) is 44.5 Å². The van der Waals surface area contributed by atoms with E-state index in [1.54, 1.807) is 0 Å². The molecule has 0 aromatic heterocycles. The molecule has 1 fully saturated rings. The summed E-state index contributed by atoms with van der Waals surface area (Å²) < 4.78 is 0. The molecule has 0 aliphatic carbocycles. The molecule has 1 aromatic rings. The number of hydrogen-bond acceptors (Lipinski definition) is 2. The van der Waals surface area contributed by atoms with Gasteiger partial charge in [-0.3, -0.25) is 4.79 Å². The summed E-state index contributed by atoms with van der Waals surface area (Å²) >= 11 is 0. The van der Waals surface area contributed by atoms with Gasteiger partial charge in [-0.25, -0.2) is 0 Å². The third-order valence-corrected chi connectivity index (χ3v) is 4.30. The monoisotopic (exact) mass is 274 g/mol. The van der Waals surface area contributed by atoms with Crippen LogP contribution in [0, 0.1) is 5.92 Å². The van der Waals surface area contributed by atoms with Gasteiger partial charge in [0.1, 0.15) is 0 Å². The fourth-order valence-electron chi connectivity index (χ4n) is 2.77. The lowest BCUT2D eigenvalue weighted by atomic mass is 9.90. The van der Waals surface area contributed by atoms with Crippen molar-refractivity contribution in [3.05, 3.63) is 35.4 Å². The molecule has 2 rings (SSSR count). The van der Waals surface area contributed by atoms with Crippen molar-refractivity contribution in [2.75, 3.05) is 6.54 Å². The number of nitrogens with one attached hydrogen (secondary N) is 2. The average molecular weight is 274 g/mol. The van der Waals surface area contributed by atoms with Gasteiger partial charge in [0.25, 0.3) is 0 Å². The average Bonchev–Trinajstić information content (AvgIpc) is 2.53. The lowest BCUT2D eigenvalue weighted by Crippen LogP contribution is -2.48. The molecule has 0 radical (unpaired) electrons. The molecule has 1 saturated heterocycles. The van der Waals surface area contributed by atoms with Crippen molar-refractivity contribution < 1.29 is 4.79 Å². The Morgan fingerprint density at radius 2 is 1.95 bits per heavy atom. The summed E-state index contributed by atoms with van der Waals surface area (Å²) in [6.07, 6.45) is 4.39. The van der Waals surface area contributed by atoms with E-state index in [0.717, 1.165) is 19.4 Å². The van der Waals surface area contributed by atoms with Crippen LogP contribution < -0.4 is 10.6 Å². The third-order valence-electron chi connectivity index (χ3n) is 4.30. The SMILES string of the molecule is CCc1ccc(CNC(=O)C2CC(CC)CCN2)cc1. The van der Waals surface area contributed by atoms with E-state index in [-0.39, 0.29) is 11.9 Å². The van der Waals surface area contributed by atoms with Gasteiger partial charge < -0.3 is 10.6 Å². The summed E-state index contributed by atoms with van der Waals surface area (Å²) in [5.74, 6) is 0.832. The Bertz CT molecular complexity index is 427. The minimum absolute atomic E-state index is 0.0105. The molecule has 2 N–H and O–H groups in total. The summed E-state index contributed by atoms with van der Waals surface area (Å²) in [5.41, 5.74) is 2.50. The molecule has 2 unspecified atom stereocenters. The predicted molar refractivity (Wildman–Crippen MR) is 82.5 cm³/mol.